The third-order valence-electron chi connectivity index (χ3n) is 3.41. The third-order valence-corrected chi connectivity index (χ3v) is 3.41. The molecule has 0 fully saturated rings. The first-order chi connectivity index (χ1) is 14.0. The van der Waals surface area contributed by atoms with Gasteiger partial charge in [-0.3, -0.25) is 23.4 Å². The Morgan fingerprint density at radius 1 is 0.897 bits per heavy atom. The molecule has 2 aromatic rings. The molecule has 0 amide bonds. The van der Waals surface area contributed by atoms with Crippen molar-refractivity contribution in [3.63, 3.8) is 0 Å². The van der Waals surface area contributed by atoms with Crippen molar-refractivity contribution in [3.05, 3.63) is 78.6 Å². The van der Waals surface area contributed by atoms with Gasteiger partial charge in [-0.05, 0) is 6.07 Å². The van der Waals surface area contributed by atoms with Gasteiger partial charge in [-0.15, -0.1) is 0 Å². The molecule has 0 unspecified atom stereocenters. The molecule has 0 aromatic heterocycles. The topological polar surface area (TPSA) is 127 Å². The van der Waals surface area contributed by atoms with Crippen molar-refractivity contribution in [3.8, 4) is 0 Å². The summed E-state index contributed by atoms with van der Waals surface area (Å²) in [6.07, 6.45) is 0. The van der Waals surface area contributed by atoms with Crippen LogP contribution in [0.15, 0.2) is 42.5 Å². The van der Waals surface area contributed by atoms with Gasteiger partial charge >= 0.3 is 35.3 Å². The average molecular weight is 622 g/mol. The summed E-state index contributed by atoms with van der Waals surface area (Å²) in [6.45, 7) is 9.27. The van der Waals surface area contributed by atoms with Crippen LogP contribution in [0, 0.1) is 13.8 Å². The van der Waals surface area contributed by atoms with Crippen molar-refractivity contribution in [2.75, 3.05) is 31.5 Å². The maximum absolute atomic E-state index is 12.6. The molecule has 1 aliphatic rings. The van der Waals surface area contributed by atoms with E-state index in [0.29, 0.717) is 41.0 Å². The Bertz CT molecular complexity index is 771. The monoisotopic (exact) mass is 621 g/mol. The van der Waals surface area contributed by atoms with Crippen LogP contribution in [0.5, 0.6) is 0 Å². The van der Waals surface area contributed by atoms with E-state index in [1.165, 1.54) is 0 Å². The Balaban J connectivity index is 0.000000749. The van der Waals surface area contributed by atoms with E-state index in [4.69, 9.17) is 24.6 Å². The molecular weight excluding hydrogens is 594 g/mol. The van der Waals surface area contributed by atoms with Gasteiger partial charge < -0.3 is 22.5 Å². The second kappa shape index (κ2) is 16.5. The number of fused-ring (bicyclic) bond motifs is 2. The fourth-order valence-electron chi connectivity index (χ4n) is 2.50. The summed E-state index contributed by atoms with van der Waals surface area (Å²) >= 11 is -0.472. The molecule has 0 heterocycles. The fraction of sp³-hybridized carbons (Fsp3) is 0.200. The summed E-state index contributed by atoms with van der Waals surface area (Å²) in [4.78, 5) is 25.1. The van der Waals surface area contributed by atoms with Crippen LogP contribution in [0.4, 0.5) is 5.69 Å². The first kappa shape index (κ1) is 27.7. The van der Waals surface area contributed by atoms with Crippen molar-refractivity contribution in [1.82, 2.24) is 0 Å². The SMILES string of the molecule is NCCNc1cccc2c1C(=O)c1ccccc1C2=O.[CH2-]C[NH3+].[CH2-]C[NH3+].[Cl][Pt+2][Cl]. The van der Waals surface area contributed by atoms with Crippen LogP contribution in [-0.2, 0) is 16.5 Å². The van der Waals surface area contributed by atoms with Crippen LogP contribution in [0.25, 0.3) is 0 Å². The fourth-order valence-corrected chi connectivity index (χ4v) is 2.50. The summed E-state index contributed by atoms with van der Waals surface area (Å²) in [5.74, 6) is -0.220. The zero-order valence-corrected chi connectivity index (χ0v) is 19.9. The second-order valence-corrected chi connectivity index (χ2v) is 8.68. The number of ketones is 2. The van der Waals surface area contributed by atoms with E-state index >= 15 is 0 Å². The van der Waals surface area contributed by atoms with Gasteiger partial charge in [-0.25, -0.2) is 0 Å². The Hall–Kier alpha value is -1.27. The molecular formula is C20H28Cl2N4O2Pt+2. The standard InChI is InChI=1S/C16H14N2O2.2C2H6N.2ClH.Pt/c17-8-9-18-13-7-3-6-12-14(13)16(20)11-5-2-1-4-10(11)15(12)19;2*1-2-3;;;/h1-7,18H,8-9,17H2;2*1-3H2;2*1H;/q;2*-1;;;+4. The summed E-state index contributed by atoms with van der Waals surface area (Å²) in [6, 6.07) is 12.2. The minimum atomic E-state index is -0.472. The number of nitrogens with two attached hydrogens (primary N) is 1. The normalized spacial score (nSPS) is 10.9. The minimum absolute atomic E-state index is 0.105. The Kier molecular flexibility index (Phi) is 15.8. The average Bonchev–Trinajstić information content (AvgIpc) is 2.72. The van der Waals surface area contributed by atoms with E-state index in [1.807, 2.05) is 0 Å². The molecule has 2 aromatic carbocycles. The number of carbonyl (C=O) groups excluding carboxylic acids is 2. The number of anilines is 1. The van der Waals surface area contributed by atoms with Crippen LogP contribution in [0.2, 0.25) is 0 Å². The van der Waals surface area contributed by atoms with Crippen LogP contribution in [-0.4, -0.2) is 37.7 Å². The first-order valence-electron chi connectivity index (χ1n) is 8.73. The molecule has 0 spiro atoms. The number of hydrogen-bond donors (Lipinski definition) is 4. The molecule has 9 N–H and O–H groups in total. The van der Waals surface area contributed by atoms with Crippen molar-refractivity contribution in [2.45, 2.75) is 0 Å². The van der Waals surface area contributed by atoms with Crippen LogP contribution < -0.4 is 22.5 Å². The van der Waals surface area contributed by atoms with Gasteiger partial charge in [0.05, 0.1) is 5.56 Å². The van der Waals surface area contributed by atoms with Gasteiger partial charge in [-0.1, -0.05) is 49.5 Å². The second-order valence-electron chi connectivity index (χ2n) is 5.40. The molecule has 162 valence electrons. The van der Waals surface area contributed by atoms with Crippen LogP contribution >= 0.6 is 18.8 Å². The molecule has 1 aliphatic carbocycles. The van der Waals surface area contributed by atoms with Crippen molar-refractivity contribution in [1.29, 1.82) is 0 Å². The zero-order chi connectivity index (χ0) is 22.2. The predicted molar refractivity (Wildman–Crippen MR) is 115 cm³/mol. The number of quaternary nitrogens is 2. The number of halogens is 2. The van der Waals surface area contributed by atoms with Gasteiger partial charge in [-0.2, -0.15) is 0 Å². The molecule has 0 radical (unpaired) electrons. The van der Waals surface area contributed by atoms with Gasteiger partial charge in [0.25, 0.3) is 0 Å². The van der Waals surface area contributed by atoms with Crippen molar-refractivity contribution >= 4 is 36.1 Å². The first-order valence-corrected chi connectivity index (χ1v) is 14.4. The summed E-state index contributed by atoms with van der Waals surface area (Å²) in [5.41, 5.74) is 14.7. The molecule has 0 saturated carbocycles. The number of benzene rings is 2. The van der Waals surface area contributed by atoms with E-state index in [-0.39, 0.29) is 11.6 Å². The van der Waals surface area contributed by atoms with Crippen LogP contribution in [0.3, 0.4) is 0 Å². The van der Waals surface area contributed by atoms with E-state index in [9.17, 15) is 9.59 Å². The Morgan fingerprint density at radius 2 is 1.34 bits per heavy atom. The zero-order valence-electron chi connectivity index (χ0n) is 16.2. The number of carbonyl (C=O) groups is 2. The molecule has 29 heavy (non-hydrogen) atoms. The molecule has 0 aliphatic heterocycles. The third kappa shape index (κ3) is 8.55. The van der Waals surface area contributed by atoms with Gasteiger partial charge in [0.1, 0.15) is 0 Å². The molecule has 3 rings (SSSR count). The van der Waals surface area contributed by atoms with Crippen molar-refractivity contribution in [2.24, 2.45) is 5.73 Å². The molecule has 0 atom stereocenters. The van der Waals surface area contributed by atoms with E-state index < -0.39 is 16.5 Å². The quantitative estimate of drug-likeness (QED) is 0.329. The van der Waals surface area contributed by atoms with E-state index in [0.717, 1.165) is 13.1 Å². The van der Waals surface area contributed by atoms with E-state index in [2.05, 4.69) is 30.6 Å². The molecule has 6 nitrogen and oxygen atoms in total. The predicted octanol–water partition coefficient (Wildman–Crippen LogP) is 1.33. The Morgan fingerprint density at radius 3 is 1.83 bits per heavy atom. The summed E-state index contributed by atoms with van der Waals surface area (Å²) in [7, 11) is 9.75. The van der Waals surface area contributed by atoms with Gasteiger partial charge in [0.2, 0.25) is 0 Å². The van der Waals surface area contributed by atoms with E-state index in [1.54, 1.807) is 42.5 Å². The molecule has 0 bridgehead atoms. The van der Waals surface area contributed by atoms with Gasteiger partial charge in [0, 0.05) is 35.5 Å². The van der Waals surface area contributed by atoms with Gasteiger partial charge in [0.15, 0.2) is 11.6 Å². The molecule has 9 heteroatoms. The summed E-state index contributed by atoms with van der Waals surface area (Å²) in [5, 5.41) is 3.11. The number of hydrogen-bond acceptors (Lipinski definition) is 4. The maximum atomic E-state index is 12.6. The number of nitrogens with one attached hydrogen (secondary N) is 1. The molecule has 0 saturated heterocycles. The summed E-state index contributed by atoms with van der Waals surface area (Å²) < 4.78 is 0. The van der Waals surface area contributed by atoms with Crippen molar-refractivity contribution < 1.29 is 37.5 Å². The van der Waals surface area contributed by atoms with Crippen LogP contribution in [0.1, 0.15) is 31.8 Å². The Labute approximate surface area is 188 Å². The number of rotatable bonds is 3.